The van der Waals surface area contributed by atoms with Crippen LogP contribution in [0.25, 0.3) is 22.0 Å². The van der Waals surface area contributed by atoms with Gasteiger partial charge in [0.15, 0.2) is 5.75 Å². The number of ether oxygens (including phenoxy) is 1. The molecule has 0 aliphatic heterocycles. The van der Waals surface area contributed by atoms with E-state index in [-0.39, 0.29) is 27.9 Å². The van der Waals surface area contributed by atoms with E-state index in [2.05, 4.69) is 9.87 Å². The van der Waals surface area contributed by atoms with Gasteiger partial charge < -0.3 is 14.6 Å². The van der Waals surface area contributed by atoms with Gasteiger partial charge >= 0.3 is 5.69 Å². The lowest BCUT2D eigenvalue weighted by molar-refractivity contribution is -0.382. The first-order chi connectivity index (χ1) is 11.5. The number of methoxy groups -OCH3 is 1. The van der Waals surface area contributed by atoms with Gasteiger partial charge in [0.2, 0.25) is 0 Å². The normalized spacial score (nSPS) is 10.6. The van der Waals surface area contributed by atoms with Crippen molar-refractivity contribution in [1.29, 1.82) is 0 Å². The lowest BCUT2D eigenvalue weighted by Crippen LogP contribution is -2.10. The Labute approximate surface area is 135 Å². The third-order valence-corrected chi connectivity index (χ3v) is 3.63. The number of benzene rings is 2. The van der Waals surface area contributed by atoms with Crippen LogP contribution in [0.15, 0.2) is 47.3 Å². The van der Waals surface area contributed by atoms with Crippen molar-refractivity contribution in [1.82, 2.24) is 4.98 Å². The van der Waals surface area contributed by atoms with Gasteiger partial charge in [0.05, 0.1) is 22.8 Å². The van der Waals surface area contributed by atoms with Crippen molar-refractivity contribution in [2.45, 2.75) is 0 Å². The van der Waals surface area contributed by atoms with Gasteiger partial charge in [-0.3, -0.25) is 14.9 Å². The Hall–Kier alpha value is -3.39. The van der Waals surface area contributed by atoms with E-state index in [1.165, 1.54) is 43.5 Å². The fraction of sp³-hybridized carbons (Fsp3) is 0.0625. The van der Waals surface area contributed by atoms with Gasteiger partial charge in [-0.15, -0.1) is 0 Å². The van der Waals surface area contributed by atoms with E-state index in [9.17, 15) is 14.9 Å². The second kappa shape index (κ2) is 6.01. The topological polar surface area (TPSA) is 115 Å². The predicted molar refractivity (Wildman–Crippen MR) is 86.5 cm³/mol. The average Bonchev–Trinajstić information content (AvgIpc) is 2.61. The number of fused-ring (bicyclic) bond motifs is 1. The number of aromatic nitrogens is 1. The van der Waals surface area contributed by atoms with Gasteiger partial charge in [-0.05, 0) is 42.5 Å². The van der Waals surface area contributed by atoms with Crippen molar-refractivity contribution >= 4 is 16.5 Å². The monoisotopic (exact) mass is 328 g/mol. The Morgan fingerprint density at radius 1 is 1.08 bits per heavy atom. The van der Waals surface area contributed by atoms with E-state index in [4.69, 9.17) is 9.99 Å². The van der Waals surface area contributed by atoms with Crippen LogP contribution in [0.5, 0.6) is 11.5 Å². The lowest BCUT2D eigenvalue weighted by atomic mass is 10.0. The average molecular weight is 328 g/mol. The SMILES string of the molecule is COc1ccc2c([N+](=O)[O-])c(-c3ccc(OO)cc3)[nH]c(=O)c2c1. The Balaban J connectivity index is 2.33. The van der Waals surface area contributed by atoms with Gasteiger partial charge in [-0.1, -0.05) is 0 Å². The number of aromatic amines is 1. The number of pyridine rings is 1. The molecule has 0 saturated heterocycles. The molecule has 0 amide bonds. The van der Waals surface area contributed by atoms with Crippen molar-refractivity contribution in [2.24, 2.45) is 0 Å². The minimum Gasteiger partial charge on any atom is -0.497 e. The molecule has 8 nitrogen and oxygen atoms in total. The van der Waals surface area contributed by atoms with Crippen molar-refractivity contribution in [3.63, 3.8) is 0 Å². The number of rotatable bonds is 4. The summed E-state index contributed by atoms with van der Waals surface area (Å²) >= 11 is 0. The molecule has 0 aliphatic carbocycles. The van der Waals surface area contributed by atoms with Crippen LogP contribution in [0.3, 0.4) is 0 Å². The molecule has 1 aromatic heterocycles. The molecule has 0 fully saturated rings. The number of nitrogens with zero attached hydrogens (tertiary/aromatic N) is 1. The van der Waals surface area contributed by atoms with Crippen molar-refractivity contribution < 1.29 is 19.8 Å². The largest absolute Gasteiger partial charge is 0.497 e. The molecule has 0 aliphatic rings. The predicted octanol–water partition coefficient (Wildman–Crippen LogP) is 2.96. The van der Waals surface area contributed by atoms with Crippen LogP contribution in [0.2, 0.25) is 0 Å². The number of hydrogen-bond donors (Lipinski definition) is 2. The summed E-state index contributed by atoms with van der Waals surface area (Å²) in [7, 11) is 1.45. The van der Waals surface area contributed by atoms with Crippen molar-refractivity contribution in [3.05, 3.63) is 62.9 Å². The minimum absolute atomic E-state index is 0.0761. The summed E-state index contributed by atoms with van der Waals surface area (Å²) in [4.78, 5) is 30.0. The summed E-state index contributed by atoms with van der Waals surface area (Å²) in [5, 5.41) is 20.6. The number of H-pyrrole nitrogens is 1. The maximum atomic E-state index is 12.3. The fourth-order valence-electron chi connectivity index (χ4n) is 2.50. The molecule has 0 bridgehead atoms. The molecule has 0 radical (unpaired) electrons. The number of nitro groups is 1. The van der Waals surface area contributed by atoms with Crippen LogP contribution >= 0.6 is 0 Å². The smallest absolute Gasteiger partial charge is 0.301 e. The molecule has 0 saturated carbocycles. The molecule has 0 atom stereocenters. The van der Waals surface area contributed by atoms with Crippen LogP contribution < -0.4 is 15.2 Å². The van der Waals surface area contributed by atoms with Crippen LogP contribution in [0.4, 0.5) is 5.69 Å². The highest BCUT2D eigenvalue weighted by atomic mass is 17.1. The van der Waals surface area contributed by atoms with Crippen molar-refractivity contribution in [2.75, 3.05) is 7.11 Å². The maximum absolute atomic E-state index is 12.3. The summed E-state index contributed by atoms with van der Waals surface area (Å²) < 4.78 is 5.06. The zero-order chi connectivity index (χ0) is 17.3. The van der Waals surface area contributed by atoms with Gasteiger partial charge in [0.1, 0.15) is 11.4 Å². The molecule has 3 rings (SSSR count). The van der Waals surface area contributed by atoms with E-state index in [0.717, 1.165) is 0 Å². The van der Waals surface area contributed by atoms with Crippen LogP contribution in [0, 0.1) is 10.1 Å². The first-order valence-corrected chi connectivity index (χ1v) is 6.85. The molecule has 122 valence electrons. The quantitative estimate of drug-likeness (QED) is 0.432. The van der Waals surface area contributed by atoms with Crippen LogP contribution in [-0.2, 0) is 0 Å². The Morgan fingerprint density at radius 2 is 1.75 bits per heavy atom. The minimum atomic E-state index is -0.545. The standard InChI is InChI=1S/C16H12N2O6/c1-23-11-6-7-12-13(8-11)16(19)17-14(15(12)18(20)21)9-2-4-10(24-22)5-3-9/h2-8,22H,1H3,(H,17,19). The molecule has 0 spiro atoms. The highest BCUT2D eigenvalue weighted by molar-refractivity contribution is 5.96. The Kier molecular flexibility index (Phi) is 3.88. The first-order valence-electron chi connectivity index (χ1n) is 6.85. The molecule has 1 heterocycles. The molecule has 3 aromatic rings. The van der Waals surface area contributed by atoms with Gasteiger partial charge in [0.25, 0.3) is 5.56 Å². The van der Waals surface area contributed by atoms with Gasteiger partial charge in [-0.2, -0.15) is 0 Å². The molecule has 24 heavy (non-hydrogen) atoms. The third kappa shape index (κ3) is 2.55. The zero-order valence-electron chi connectivity index (χ0n) is 12.5. The zero-order valence-corrected chi connectivity index (χ0v) is 12.5. The summed E-state index contributed by atoms with van der Waals surface area (Å²) in [5.41, 5.74) is -0.193. The molecular weight excluding hydrogens is 316 g/mol. The first kappa shape index (κ1) is 15.5. The Morgan fingerprint density at radius 3 is 2.33 bits per heavy atom. The maximum Gasteiger partial charge on any atom is 0.301 e. The van der Waals surface area contributed by atoms with Crippen LogP contribution in [0.1, 0.15) is 0 Å². The van der Waals surface area contributed by atoms with E-state index < -0.39 is 10.5 Å². The van der Waals surface area contributed by atoms with E-state index in [0.29, 0.717) is 11.3 Å². The molecule has 0 unspecified atom stereocenters. The summed E-state index contributed by atoms with van der Waals surface area (Å²) in [6.07, 6.45) is 0. The number of hydrogen-bond acceptors (Lipinski definition) is 6. The molecule has 8 heteroatoms. The second-order valence-corrected chi connectivity index (χ2v) is 4.96. The summed E-state index contributed by atoms with van der Waals surface area (Å²) in [5.74, 6) is 0.605. The molecule has 2 aromatic carbocycles. The Bertz CT molecular complexity index is 978. The van der Waals surface area contributed by atoms with E-state index in [1.807, 2.05) is 0 Å². The summed E-state index contributed by atoms with van der Waals surface area (Å²) in [6.45, 7) is 0. The fourth-order valence-corrected chi connectivity index (χ4v) is 2.50. The number of nitrogens with one attached hydrogen (secondary N) is 1. The molecule has 2 N–H and O–H groups in total. The summed E-state index contributed by atoms with van der Waals surface area (Å²) in [6, 6.07) is 10.3. The van der Waals surface area contributed by atoms with Crippen molar-refractivity contribution in [3.8, 4) is 22.8 Å². The lowest BCUT2D eigenvalue weighted by Gasteiger charge is -2.08. The molecular formula is C16H12N2O6. The van der Waals surface area contributed by atoms with E-state index >= 15 is 0 Å². The van der Waals surface area contributed by atoms with E-state index in [1.54, 1.807) is 6.07 Å². The highest BCUT2D eigenvalue weighted by Gasteiger charge is 2.22. The highest BCUT2D eigenvalue weighted by Crippen LogP contribution is 2.34. The third-order valence-electron chi connectivity index (χ3n) is 3.63. The second-order valence-electron chi connectivity index (χ2n) is 4.96. The van der Waals surface area contributed by atoms with Crippen LogP contribution in [-0.4, -0.2) is 22.3 Å². The van der Waals surface area contributed by atoms with Gasteiger partial charge in [-0.25, -0.2) is 5.26 Å². The van der Waals surface area contributed by atoms with Gasteiger partial charge in [0, 0.05) is 5.56 Å².